The molecule has 1 aromatic carbocycles. The predicted octanol–water partition coefficient (Wildman–Crippen LogP) is 2.95. The molecule has 9 nitrogen and oxygen atoms in total. The van der Waals surface area contributed by atoms with E-state index in [9.17, 15) is 13.2 Å². The molecule has 0 saturated heterocycles. The average molecular weight is 487 g/mol. The Balaban J connectivity index is 1.15. The van der Waals surface area contributed by atoms with Crippen molar-refractivity contribution in [3.63, 3.8) is 0 Å². The summed E-state index contributed by atoms with van der Waals surface area (Å²) in [6.45, 7) is 1.38. The standard InChI is InChI=1S/C24H30N4O5S/c29-24(26-22-19-8-2-6-16(19)10-17-7-3-9-20(17)22)27-34(30,31)21-11-25-28-12-18(14-33-23(21)28)32-13-15-4-1-5-15/h10-11,15,18H,1-9,12-14H2,(H2,26,27,29). The minimum Gasteiger partial charge on any atom is -0.474 e. The Morgan fingerprint density at radius 1 is 1.12 bits per heavy atom. The second kappa shape index (κ2) is 8.57. The molecule has 1 aliphatic heterocycles. The van der Waals surface area contributed by atoms with E-state index in [0.29, 0.717) is 19.1 Å². The zero-order valence-corrected chi connectivity index (χ0v) is 20.0. The number of carbonyl (C=O) groups is 1. The largest absolute Gasteiger partial charge is 0.474 e. The molecule has 34 heavy (non-hydrogen) atoms. The summed E-state index contributed by atoms with van der Waals surface area (Å²) >= 11 is 0. The molecule has 6 rings (SSSR count). The summed E-state index contributed by atoms with van der Waals surface area (Å²) in [6, 6.07) is 1.51. The molecule has 1 saturated carbocycles. The fourth-order valence-electron chi connectivity index (χ4n) is 5.55. The van der Waals surface area contributed by atoms with Crippen LogP contribution in [-0.4, -0.2) is 43.5 Å². The number of sulfonamides is 1. The number of aromatic nitrogens is 2. The molecule has 182 valence electrons. The van der Waals surface area contributed by atoms with Gasteiger partial charge in [0.1, 0.15) is 12.7 Å². The minimum atomic E-state index is -4.16. The normalized spacial score (nSPS) is 21.2. The highest BCUT2D eigenvalue weighted by Crippen LogP contribution is 2.38. The molecular weight excluding hydrogens is 456 g/mol. The lowest BCUT2D eigenvalue weighted by Crippen LogP contribution is -2.37. The molecule has 2 amide bonds. The van der Waals surface area contributed by atoms with Crippen molar-refractivity contribution in [1.82, 2.24) is 14.5 Å². The van der Waals surface area contributed by atoms with Crippen LogP contribution in [0.5, 0.6) is 5.88 Å². The molecule has 4 aliphatic rings. The quantitative estimate of drug-likeness (QED) is 0.649. The molecule has 1 aromatic heterocycles. The van der Waals surface area contributed by atoms with Gasteiger partial charge in [-0.25, -0.2) is 22.6 Å². The van der Waals surface area contributed by atoms with Gasteiger partial charge >= 0.3 is 6.03 Å². The van der Waals surface area contributed by atoms with Crippen LogP contribution in [0, 0.1) is 5.92 Å². The lowest BCUT2D eigenvalue weighted by atomic mass is 9.86. The van der Waals surface area contributed by atoms with E-state index < -0.39 is 16.1 Å². The molecule has 0 spiro atoms. The third-order valence-electron chi connectivity index (χ3n) is 7.56. The number of anilines is 1. The third-order valence-corrected chi connectivity index (χ3v) is 8.88. The molecule has 1 unspecified atom stereocenters. The van der Waals surface area contributed by atoms with Crippen molar-refractivity contribution in [3.05, 3.63) is 34.5 Å². The summed E-state index contributed by atoms with van der Waals surface area (Å²) in [5, 5.41) is 7.05. The number of hydrogen-bond acceptors (Lipinski definition) is 6. The van der Waals surface area contributed by atoms with Crippen molar-refractivity contribution >= 4 is 21.7 Å². The second-order valence-corrected chi connectivity index (χ2v) is 11.5. The lowest BCUT2D eigenvalue weighted by Gasteiger charge is -2.29. The highest BCUT2D eigenvalue weighted by molar-refractivity contribution is 7.90. The van der Waals surface area contributed by atoms with E-state index in [1.54, 1.807) is 0 Å². The van der Waals surface area contributed by atoms with Gasteiger partial charge in [-0.05, 0) is 79.5 Å². The third kappa shape index (κ3) is 3.96. The van der Waals surface area contributed by atoms with Crippen LogP contribution < -0.4 is 14.8 Å². The predicted molar refractivity (Wildman–Crippen MR) is 125 cm³/mol. The summed E-state index contributed by atoms with van der Waals surface area (Å²) in [5.41, 5.74) is 5.63. The van der Waals surface area contributed by atoms with Crippen molar-refractivity contribution in [1.29, 1.82) is 0 Å². The topological polar surface area (TPSA) is 112 Å². The lowest BCUT2D eigenvalue weighted by molar-refractivity contribution is -0.0384. The van der Waals surface area contributed by atoms with E-state index in [1.165, 1.54) is 41.3 Å². The molecule has 10 heteroatoms. The SMILES string of the molecule is O=C(Nc1c2c(cc3c1CCC3)CCC2)NS(=O)(=O)c1cnn2c1OCC(OCC1CCC1)C2. The van der Waals surface area contributed by atoms with Gasteiger partial charge in [0.25, 0.3) is 10.0 Å². The highest BCUT2D eigenvalue weighted by Gasteiger charge is 2.33. The van der Waals surface area contributed by atoms with E-state index in [2.05, 4.69) is 21.2 Å². The molecule has 0 radical (unpaired) electrons. The van der Waals surface area contributed by atoms with Gasteiger partial charge in [0, 0.05) is 5.69 Å². The first-order chi connectivity index (χ1) is 16.5. The number of fused-ring (bicyclic) bond motifs is 3. The van der Waals surface area contributed by atoms with Crippen LogP contribution in [0.3, 0.4) is 0 Å². The number of benzene rings is 1. The summed E-state index contributed by atoms with van der Waals surface area (Å²) in [4.78, 5) is 12.7. The van der Waals surface area contributed by atoms with Crippen LogP contribution in [0.15, 0.2) is 17.2 Å². The zero-order valence-electron chi connectivity index (χ0n) is 19.1. The summed E-state index contributed by atoms with van der Waals surface area (Å²) < 4.78 is 41.4. The number of carbonyl (C=O) groups excluding carboxylic acids is 1. The van der Waals surface area contributed by atoms with Crippen LogP contribution in [0.1, 0.15) is 54.4 Å². The van der Waals surface area contributed by atoms with Crippen molar-refractivity contribution in [2.75, 3.05) is 18.5 Å². The Morgan fingerprint density at radius 3 is 2.53 bits per heavy atom. The summed E-state index contributed by atoms with van der Waals surface area (Å²) in [7, 11) is -4.16. The van der Waals surface area contributed by atoms with Crippen molar-refractivity contribution in [2.45, 2.75) is 75.3 Å². The van der Waals surface area contributed by atoms with E-state index in [1.807, 2.05) is 0 Å². The van der Waals surface area contributed by atoms with Gasteiger partial charge < -0.3 is 14.8 Å². The van der Waals surface area contributed by atoms with E-state index in [4.69, 9.17) is 9.47 Å². The molecule has 3 aliphatic carbocycles. The number of ether oxygens (including phenoxy) is 2. The fourth-order valence-corrected chi connectivity index (χ4v) is 6.54. The van der Waals surface area contributed by atoms with Gasteiger partial charge in [0.05, 0.1) is 19.3 Å². The number of nitrogens with zero attached hydrogens (tertiary/aromatic N) is 2. The van der Waals surface area contributed by atoms with Gasteiger partial charge in [0.2, 0.25) is 5.88 Å². The maximum absolute atomic E-state index is 13.0. The number of urea groups is 1. The van der Waals surface area contributed by atoms with Gasteiger partial charge in [-0.3, -0.25) is 0 Å². The summed E-state index contributed by atoms with van der Waals surface area (Å²) in [5.74, 6) is 0.759. The first-order valence-electron chi connectivity index (χ1n) is 12.3. The Morgan fingerprint density at radius 2 is 1.85 bits per heavy atom. The van der Waals surface area contributed by atoms with E-state index >= 15 is 0 Å². The number of amides is 2. The van der Waals surface area contributed by atoms with Crippen LogP contribution >= 0.6 is 0 Å². The number of aryl methyl sites for hydroxylation is 2. The fraction of sp³-hybridized carbons (Fsp3) is 0.583. The van der Waals surface area contributed by atoms with E-state index in [0.717, 1.165) is 55.3 Å². The Labute approximate surface area is 199 Å². The van der Waals surface area contributed by atoms with E-state index in [-0.39, 0.29) is 23.5 Å². The molecular formula is C24H30N4O5S. The monoisotopic (exact) mass is 486 g/mol. The van der Waals surface area contributed by atoms with Crippen molar-refractivity contribution in [2.24, 2.45) is 5.92 Å². The smallest absolute Gasteiger partial charge is 0.333 e. The second-order valence-electron chi connectivity index (χ2n) is 9.85. The minimum absolute atomic E-state index is 0.136. The molecule has 2 aromatic rings. The Hall–Kier alpha value is -2.59. The number of nitrogens with one attached hydrogen (secondary N) is 2. The first-order valence-corrected chi connectivity index (χ1v) is 13.8. The molecule has 0 bridgehead atoms. The molecule has 1 fully saturated rings. The number of hydrogen-bond donors (Lipinski definition) is 2. The molecule has 2 heterocycles. The van der Waals surface area contributed by atoms with Crippen LogP contribution in [0.4, 0.5) is 10.5 Å². The van der Waals surface area contributed by atoms with Crippen LogP contribution in [0.25, 0.3) is 0 Å². The first kappa shape index (κ1) is 21.9. The van der Waals surface area contributed by atoms with Crippen LogP contribution in [0.2, 0.25) is 0 Å². The molecule has 1 atom stereocenters. The Kier molecular flexibility index (Phi) is 5.52. The Bertz CT molecular complexity index is 1200. The van der Waals surface area contributed by atoms with Gasteiger partial charge in [-0.2, -0.15) is 5.10 Å². The maximum atomic E-state index is 13.0. The van der Waals surface area contributed by atoms with Crippen molar-refractivity contribution in [3.8, 4) is 5.88 Å². The zero-order chi connectivity index (χ0) is 23.3. The highest BCUT2D eigenvalue weighted by atomic mass is 32.2. The summed E-state index contributed by atoms with van der Waals surface area (Å²) in [6.07, 6.45) is 10.6. The van der Waals surface area contributed by atoms with Crippen molar-refractivity contribution < 1.29 is 22.7 Å². The van der Waals surface area contributed by atoms with Gasteiger partial charge in [0.15, 0.2) is 4.90 Å². The average Bonchev–Trinajstić information content (AvgIpc) is 3.51. The number of rotatable bonds is 6. The van der Waals surface area contributed by atoms with Gasteiger partial charge in [-0.1, -0.05) is 12.5 Å². The van der Waals surface area contributed by atoms with Gasteiger partial charge in [-0.15, -0.1) is 0 Å². The van der Waals surface area contributed by atoms with Crippen LogP contribution in [-0.2, 0) is 47.0 Å². The maximum Gasteiger partial charge on any atom is 0.333 e. The molecule has 2 N–H and O–H groups in total.